The van der Waals surface area contributed by atoms with Crippen LogP contribution in [0.3, 0.4) is 0 Å². The van der Waals surface area contributed by atoms with Gasteiger partial charge in [-0.3, -0.25) is 10.3 Å². The predicted molar refractivity (Wildman–Crippen MR) is 113 cm³/mol. The summed E-state index contributed by atoms with van der Waals surface area (Å²) in [6.07, 6.45) is 4.24. The SMILES string of the molecule is CSc1ncc(/C=N/Cc2ccccc2)c(Nc2cccc(NC(=O)O)c2)n1. The average molecular weight is 393 g/mol. The number of amides is 1. The lowest BCUT2D eigenvalue weighted by Gasteiger charge is -2.10. The van der Waals surface area contributed by atoms with Crippen molar-refractivity contribution >= 4 is 41.3 Å². The number of benzene rings is 2. The highest BCUT2D eigenvalue weighted by molar-refractivity contribution is 7.98. The highest BCUT2D eigenvalue weighted by Gasteiger charge is 2.07. The summed E-state index contributed by atoms with van der Waals surface area (Å²) in [6.45, 7) is 0.558. The van der Waals surface area contributed by atoms with Crippen molar-refractivity contribution in [2.24, 2.45) is 4.99 Å². The van der Waals surface area contributed by atoms with Gasteiger partial charge in [0, 0.05) is 23.8 Å². The number of anilines is 3. The Morgan fingerprint density at radius 2 is 1.96 bits per heavy atom. The molecule has 3 aromatic rings. The number of aliphatic imine (C=N–C) groups is 1. The molecule has 3 rings (SSSR count). The average Bonchev–Trinajstić information content (AvgIpc) is 2.69. The number of carbonyl (C=O) groups is 1. The summed E-state index contributed by atoms with van der Waals surface area (Å²) in [5.41, 5.74) is 3.03. The molecule has 1 heterocycles. The number of nitrogens with one attached hydrogen (secondary N) is 2. The summed E-state index contributed by atoms with van der Waals surface area (Å²) in [5.74, 6) is 0.601. The molecule has 0 aliphatic rings. The van der Waals surface area contributed by atoms with Gasteiger partial charge in [0.2, 0.25) is 0 Å². The van der Waals surface area contributed by atoms with E-state index >= 15 is 0 Å². The van der Waals surface area contributed by atoms with E-state index in [9.17, 15) is 4.79 Å². The van der Waals surface area contributed by atoms with E-state index in [1.807, 2.05) is 42.7 Å². The van der Waals surface area contributed by atoms with Crippen molar-refractivity contribution in [1.82, 2.24) is 9.97 Å². The van der Waals surface area contributed by atoms with Gasteiger partial charge in [-0.05, 0) is 30.0 Å². The second-order valence-corrected chi connectivity index (χ2v) is 6.53. The second kappa shape index (κ2) is 9.52. The number of thioether (sulfide) groups is 1. The van der Waals surface area contributed by atoms with Gasteiger partial charge in [-0.1, -0.05) is 48.2 Å². The number of rotatable bonds is 7. The zero-order valence-electron chi connectivity index (χ0n) is 15.2. The van der Waals surface area contributed by atoms with E-state index in [2.05, 4.69) is 25.6 Å². The van der Waals surface area contributed by atoms with Gasteiger partial charge in [0.05, 0.1) is 12.1 Å². The Kier molecular flexibility index (Phi) is 6.59. The van der Waals surface area contributed by atoms with Crippen LogP contribution in [-0.2, 0) is 6.54 Å². The van der Waals surface area contributed by atoms with Crippen LogP contribution in [0.4, 0.5) is 22.0 Å². The Labute approximate surface area is 167 Å². The van der Waals surface area contributed by atoms with Crippen molar-refractivity contribution in [1.29, 1.82) is 0 Å². The van der Waals surface area contributed by atoms with Crippen molar-refractivity contribution in [3.63, 3.8) is 0 Å². The Bertz CT molecular complexity index is 979. The minimum atomic E-state index is -1.11. The molecule has 7 nitrogen and oxygen atoms in total. The minimum Gasteiger partial charge on any atom is -0.465 e. The molecule has 28 heavy (non-hydrogen) atoms. The van der Waals surface area contributed by atoms with Crippen molar-refractivity contribution in [3.8, 4) is 0 Å². The molecule has 1 aromatic heterocycles. The van der Waals surface area contributed by atoms with Crippen LogP contribution in [0, 0.1) is 0 Å². The normalized spacial score (nSPS) is 10.8. The molecule has 0 spiro atoms. The topological polar surface area (TPSA) is 99.5 Å². The van der Waals surface area contributed by atoms with Gasteiger partial charge in [0.25, 0.3) is 0 Å². The van der Waals surface area contributed by atoms with Crippen LogP contribution in [0.1, 0.15) is 11.1 Å². The molecule has 0 saturated carbocycles. The molecule has 8 heteroatoms. The molecule has 0 aliphatic heterocycles. The predicted octanol–water partition coefficient (Wildman–Crippen LogP) is 4.65. The monoisotopic (exact) mass is 393 g/mol. The molecule has 0 radical (unpaired) electrons. The first kappa shape index (κ1) is 19.4. The molecule has 1 amide bonds. The summed E-state index contributed by atoms with van der Waals surface area (Å²) in [5, 5.41) is 15.1. The van der Waals surface area contributed by atoms with Gasteiger partial charge in [-0.15, -0.1) is 0 Å². The molecule has 142 valence electrons. The number of carboxylic acid groups (broad SMARTS) is 1. The van der Waals surface area contributed by atoms with Gasteiger partial charge in [-0.2, -0.15) is 0 Å². The molecule has 0 unspecified atom stereocenters. The minimum absolute atomic E-state index is 0.468. The molecule has 0 saturated heterocycles. The van der Waals surface area contributed by atoms with Gasteiger partial charge in [0.15, 0.2) is 5.16 Å². The summed E-state index contributed by atoms with van der Waals surface area (Å²) in [4.78, 5) is 24.2. The van der Waals surface area contributed by atoms with E-state index < -0.39 is 6.09 Å². The highest BCUT2D eigenvalue weighted by atomic mass is 32.2. The first-order valence-electron chi connectivity index (χ1n) is 8.46. The number of nitrogens with zero attached hydrogens (tertiary/aromatic N) is 3. The third kappa shape index (κ3) is 5.55. The fraction of sp³-hybridized carbons (Fsp3) is 0.100. The van der Waals surface area contributed by atoms with Crippen LogP contribution in [0.5, 0.6) is 0 Å². The summed E-state index contributed by atoms with van der Waals surface area (Å²) < 4.78 is 0. The third-order valence-electron chi connectivity index (χ3n) is 3.70. The van der Waals surface area contributed by atoms with Crippen molar-refractivity contribution < 1.29 is 9.90 Å². The summed E-state index contributed by atoms with van der Waals surface area (Å²) in [7, 11) is 0. The number of hydrogen-bond donors (Lipinski definition) is 3. The maximum atomic E-state index is 10.8. The Morgan fingerprint density at radius 3 is 2.71 bits per heavy atom. The van der Waals surface area contributed by atoms with E-state index in [0.29, 0.717) is 28.9 Å². The third-order valence-corrected chi connectivity index (χ3v) is 4.26. The van der Waals surface area contributed by atoms with Crippen LogP contribution in [0.2, 0.25) is 0 Å². The molecule has 2 aromatic carbocycles. The molecule has 0 fully saturated rings. The molecule has 0 bridgehead atoms. The summed E-state index contributed by atoms with van der Waals surface area (Å²) in [6, 6.07) is 16.9. The largest absolute Gasteiger partial charge is 0.465 e. The molecule has 0 aliphatic carbocycles. The second-order valence-electron chi connectivity index (χ2n) is 5.75. The first-order chi connectivity index (χ1) is 13.6. The van der Waals surface area contributed by atoms with Gasteiger partial charge >= 0.3 is 6.09 Å². The maximum Gasteiger partial charge on any atom is 0.409 e. The van der Waals surface area contributed by atoms with Gasteiger partial charge in [-0.25, -0.2) is 14.8 Å². The number of hydrogen-bond acceptors (Lipinski definition) is 6. The van der Waals surface area contributed by atoms with Crippen LogP contribution in [-0.4, -0.2) is 33.6 Å². The molecular formula is C20H19N5O2S. The number of aromatic nitrogens is 2. The highest BCUT2D eigenvalue weighted by Crippen LogP contribution is 2.22. The van der Waals surface area contributed by atoms with Crippen LogP contribution < -0.4 is 10.6 Å². The Morgan fingerprint density at radius 1 is 1.18 bits per heavy atom. The van der Waals surface area contributed by atoms with Crippen LogP contribution in [0.15, 0.2) is 70.9 Å². The molecule has 0 atom stereocenters. The first-order valence-corrected chi connectivity index (χ1v) is 9.68. The lowest BCUT2D eigenvalue weighted by Crippen LogP contribution is -2.07. The maximum absolute atomic E-state index is 10.8. The van der Waals surface area contributed by atoms with E-state index in [-0.39, 0.29) is 0 Å². The fourth-order valence-corrected chi connectivity index (χ4v) is 2.78. The smallest absolute Gasteiger partial charge is 0.409 e. The fourth-order valence-electron chi connectivity index (χ4n) is 2.44. The summed E-state index contributed by atoms with van der Waals surface area (Å²) >= 11 is 1.44. The zero-order chi connectivity index (χ0) is 19.8. The molecular weight excluding hydrogens is 374 g/mol. The Hall–Kier alpha value is -3.39. The van der Waals surface area contributed by atoms with Crippen LogP contribution in [0.25, 0.3) is 0 Å². The van der Waals surface area contributed by atoms with Crippen molar-refractivity contribution in [2.45, 2.75) is 11.7 Å². The molecule has 3 N–H and O–H groups in total. The van der Waals surface area contributed by atoms with Gasteiger partial charge < -0.3 is 10.4 Å². The van der Waals surface area contributed by atoms with Crippen molar-refractivity contribution in [3.05, 3.63) is 71.9 Å². The lowest BCUT2D eigenvalue weighted by atomic mass is 10.2. The van der Waals surface area contributed by atoms with E-state index in [1.54, 1.807) is 30.6 Å². The van der Waals surface area contributed by atoms with Gasteiger partial charge in [0.1, 0.15) is 5.82 Å². The quantitative estimate of drug-likeness (QED) is 0.307. The van der Waals surface area contributed by atoms with Crippen molar-refractivity contribution in [2.75, 3.05) is 16.9 Å². The standard InChI is InChI=1S/C20H19N5O2S/c1-28-19-22-13-15(12-21-11-14-6-3-2-4-7-14)18(25-19)23-16-8-5-9-17(10-16)24-20(26)27/h2-10,12-13,24H,11H2,1H3,(H,26,27)(H,22,23,25)/b21-12+. The van der Waals surface area contributed by atoms with Crippen LogP contribution >= 0.6 is 11.8 Å². The van der Waals surface area contributed by atoms with E-state index in [4.69, 9.17) is 5.11 Å². The van der Waals surface area contributed by atoms with E-state index in [1.165, 1.54) is 11.8 Å². The van der Waals surface area contributed by atoms with E-state index in [0.717, 1.165) is 11.1 Å². The lowest BCUT2D eigenvalue weighted by molar-refractivity contribution is 0.210. The Balaban J connectivity index is 1.82. The zero-order valence-corrected chi connectivity index (χ0v) is 16.0.